The SMILES string of the molecule is CCCCN1CC1COC. The fourth-order valence-corrected chi connectivity index (χ4v) is 1.21. The molecule has 0 aromatic heterocycles. The first-order valence-electron chi connectivity index (χ1n) is 4.11. The van der Waals surface area contributed by atoms with Crippen LogP contribution in [-0.4, -0.2) is 37.7 Å². The molecule has 0 aromatic carbocycles. The molecule has 2 nitrogen and oxygen atoms in total. The average molecular weight is 143 g/mol. The Morgan fingerprint density at radius 3 is 3.00 bits per heavy atom. The zero-order chi connectivity index (χ0) is 7.40. The lowest BCUT2D eigenvalue weighted by Crippen LogP contribution is -2.08. The zero-order valence-electron chi connectivity index (χ0n) is 6.97. The van der Waals surface area contributed by atoms with Gasteiger partial charge in [-0.25, -0.2) is 0 Å². The standard InChI is InChI=1S/C8H17NO/c1-3-4-5-9-6-8(9)7-10-2/h8H,3-7H2,1-2H3. The van der Waals surface area contributed by atoms with Gasteiger partial charge in [-0.2, -0.15) is 0 Å². The highest BCUT2D eigenvalue weighted by molar-refractivity contribution is 4.88. The van der Waals surface area contributed by atoms with Gasteiger partial charge in [0.2, 0.25) is 0 Å². The summed E-state index contributed by atoms with van der Waals surface area (Å²) in [6, 6.07) is 0.747. The third kappa shape index (κ3) is 2.27. The Balaban J connectivity index is 1.92. The summed E-state index contributed by atoms with van der Waals surface area (Å²) in [7, 11) is 1.77. The van der Waals surface area contributed by atoms with Crippen molar-refractivity contribution in [3.63, 3.8) is 0 Å². The Kier molecular flexibility index (Phi) is 3.16. The molecular weight excluding hydrogens is 126 g/mol. The monoisotopic (exact) mass is 143 g/mol. The van der Waals surface area contributed by atoms with Crippen LogP contribution in [0.4, 0.5) is 0 Å². The number of nitrogens with zero attached hydrogens (tertiary/aromatic N) is 1. The minimum absolute atomic E-state index is 0.747. The van der Waals surface area contributed by atoms with Crippen molar-refractivity contribution >= 4 is 0 Å². The zero-order valence-corrected chi connectivity index (χ0v) is 6.97. The number of ether oxygens (including phenoxy) is 1. The van der Waals surface area contributed by atoms with Gasteiger partial charge >= 0.3 is 0 Å². The van der Waals surface area contributed by atoms with Crippen molar-refractivity contribution < 1.29 is 4.74 Å². The largest absolute Gasteiger partial charge is 0.383 e. The van der Waals surface area contributed by atoms with Gasteiger partial charge in [-0.1, -0.05) is 13.3 Å². The second kappa shape index (κ2) is 3.94. The fraction of sp³-hybridized carbons (Fsp3) is 1.00. The summed E-state index contributed by atoms with van der Waals surface area (Å²) in [5.41, 5.74) is 0. The van der Waals surface area contributed by atoms with E-state index in [2.05, 4.69) is 11.8 Å². The van der Waals surface area contributed by atoms with Crippen LogP contribution in [0.5, 0.6) is 0 Å². The van der Waals surface area contributed by atoms with Gasteiger partial charge in [0, 0.05) is 19.7 Å². The molecule has 1 aliphatic heterocycles. The highest BCUT2D eigenvalue weighted by Gasteiger charge is 2.32. The van der Waals surface area contributed by atoms with Gasteiger partial charge in [-0.3, -0.25) is 4.90 Å². The Morgan fingerprint density at radius 2 is 2.40 bits per heavy atom. The maximum atomic E-state index is 5.03. The van der Waals surface area contributed by atoms with E-state index in [0.29, 0.717) is 0 Å². The Bertz CT molecular complexity index is 95.3. The van der Waals surface area contributed by atoms with E-state index >= 15 is 0 Å². The summed E-state index contributed by atoms with van der Waals surface area (Å²) < 4.78 is 5.03. The third-order valence-corrected chi connectivity index (χ3v) is 1.99. The van der Waals surface area contributed by atoms with Gasteiger partial charge in [0.1, 0.15) is 0 Å². The number of hydrogen-bond acceptors (Lipinski definition) is 2. The molecule has 0 bridgehead atoms. The van der Waals surface area contributed by atoms with Crippen molar-refractivity contribution in [2.75, 3.05) is 26.8 Å². The number of methoxy groups -OCH3 is 1. The van der Waals surface area contributed by atoms with Crippen molar-refractivity contribution in [2.24, 2.45) is 0 Å². The van der Waals surface area contributed by atoms with Crippen LogP contribution in [0.25, 0.3) is 0 Å². The topological polar surface area (TPSA) is 12.2 Å². The van der Waals surface area contributed by atoms with Crippen LogP contribution in [0.3, 0.4) is 0 Å². The molecule has 2 unspecified atom stereocenters. The summed E-state index contributed by atoms with van der Waals surface area (Å²) in [5.74, 6) is 0. The van der Waals surface area contributed by atoms with Crippen LogP contribution in [0.2, 0.25) is 0 Å². The molecule has 1 aliphatic rings. The lowest BCUT2D eigenvalue weighted by molar-refractivity contribution is 0.187. The second-order valence-electron chi connectivity index (χ2n) is 2.96. The van der Waals surface area contributed by atoms with Crippen molar-refractivity contribution in [3.05, 3.63) is 0 Å². The molecular formula is C8H17NO. The van der Waals surface area contributed by atoms with Gasteiger partial charge in [-0.15, -0.1) is 0 Å². The van der Waals surface area contributed by atoms with Crippen LogP contribution in [0.1, 0.15) is 19.8 Å². The van der Waals surface area contributed by atoms with Crippen molar-refractivity contribution in [1.29, 1.82) is 0 Å². The van der Waals surface area contributed by atoms with Gasteiger partial charge in [-0.05, 0) is 13.0 Å². The minimum Gasteiger partial charge on any atom is -0.383 e. The molecule has 0 radical (unpaired) electrons. The molecule has 2 atom stereocenters. The molecule has 10 heavy (non-hydrogen) atoms. The maximum absolute atomic E-state index is 5.03. The second-order valence-corrected chi connectivity index (χ2v) is 2.96. The Labute approximate surface area is 63.2 Å². The van der Waals surface area contributed by atoms with Crippen molar-refractivity contribution in [3.8, 4) is 0 Å². The molecule has 0 aromatic rings. The number of rotatable bonds is 5. The maximum Gasteiger partial charge on any atom is 0.0630 e. The van der Waals surface area contributed by atoms with Gasteiger partial charge in [0.05, 0.1) is 6.61 Å². The molecule has 60 valence electrons. The van der Waals surface area contributed by atoms with Gasteiger partial charge in [0.15, 0.2) is 0 Å². The predicted molar refractivity (Wildman–Crippen MR) is 42.1 cm³/mol. The Hall–Kier alpha value is -0.0800. The molecule has 1 rings (SSSR count). The van der Waals surface area contributed by atoms with Crippen molar-refractivity contribution in [1.82, 2.24) is 4.90 Å². The van der Waals surface area contributed by atoms with E-state index in [0.717, 1.165) is 12.6 Å². The Morgan fingerprint density at radius 1 is 1.60 bits per heavy atom. The van der Waals surface area contributed by atoms with E-state index in [1.165, 1.54) is 25.9 Å². The van der Waals surface area contributed by atoms with E-state index in [-0.39, 0.29) is 0 Å². The highest BCUT2D eigenvalue weighted by Crippen LogP contribution is 2.17. The molecule has 0 spiro atoms. The van der Waals surface area contributed by atoms with Crippen LogP contribution in [0.15, 0.2) is 0 Å². The lowest BCUT2D eigenvalue weighted by Gasteiger charge is -2.00. The first-order valence-corrected chi connectivity index (χ1v) is 4.11. The van der Waals surface area contributed by atoms with Crippen LogP contribution < -0.4 is 0 Å². The predicted octanol–water partition coefficient (Wildman–Crippen LogP) is 1.12. The van der Waals surface area contributed by atoms with E-state index in [4.69, 9.17) is 4.74 Å². The quantitative estimate of drug-likeness (QED) is 0.535. The first kappa shape index (κ1) is 8.02. The summed E-state index contributed by atoms with van der Waals surface area (Å²) in [6.07, 6.45) is 2.64. The van der Waals surface area contributed by atoms with E-state index < -0.39 is 0 Å². The van der Waals surface area contributed by atoms with Gasteiger partial charge < -0.3 is 4.74 Å². The molecule has 2 heteroatoms. The molecule has 0 amide bonds. The smallest absolute Gasteiger partial charge is 0.0630 e. The molecule has 0 N–H and O–H groups in total. The van der Waals surface area contributed by atoms with Crippen LogP contribution in [0, 0.1) is 0 Å². The molecule has 0 saturated carbocycles. The summed E-state index contributed by atoms with van der Waals surface area (Å²) in [6.45, 7) is 5.68. The summed E-state index contributed by atoms with van der Waals surface area (Å²) in [4.78, 5) is 2.47. The highest BCUT2D eigenvalue weighted by atomic mass is 16.5. The summed E-state index contributed by atoms with van der Waals surface area (Å²) in [5, 5.41) is 0. The molecule has 1 fully saturated rings. The normalized spacial score (nSPS) is 30.6. The molecule has 1 saturated heterocycles. The molecule has 1 heterocycles. The summed E-state index contributed by atoms with van der Waals surface area (Å²) >= 11 is 0. The first-order chi connectivity index (χ1) is 4.88. The van der Waals surface area contributed by atoms with E-state index in [9.17, 15) is 0 Å². The van der Waals surface area contributed by atoms with Crippen LogP contribution in [-0.2, 0) is 4.74 Å². The minimum atomic E-state index is 0.747. The fourth-order valence-electron chi connectivity index (χ4n) is 1.21. The van der Waals surface area contributed by atoms with E-state index in [1.54, 1.807) is 7.11 Å². The average Bonchev–Trinajstić information content (AvgIpc) is 2.65. The lowest BCUT2D eigenvalue weighted by atomic mass is 10.3. The van der Waals surface area contributed by atoms with Crippen molar-refractivity contribution in [2.45, 2.75) is 25.8 Å². The molecule has 0 aliphatic carbocycles. The van der Waals surface area contributed by atoms with E-state index in [1.807, 2.05) is 0 Å². The number of unbranched alkanes of at least 4 members (excludes halogenated alkanes) is 1. The van der Waals surface area contributed by atoms with Gasteiger partial charge in [0.25, 0.3) is 0 Å². The third-order valence-electron chi connectivity index (χ3n) is 1.99. The van der Waals surface area contributed by atoms with Crippen LogP contribution >= 0.6 is 0 Å². The number of hydrogen-bond donors (Lipinski definition) is 0.